The Morgan fingerprint density at radius 3 is 2.55 bits per heavy atom. The summed E-state index contributed by atoms with van der Waals surface area (Å²) in [5, 5.41) is 7.25. The summed E-state index contributed by atoms with van der Waals surface area (Å²) in [6, 6.07) is -0.00973. The highest BCUT2D eigenvalue weighted by Crippen LogP contribution is 2.38. The summed E-state index contributed by atoms with van der Waals surface area (Å²) >= 11 is 0. The van der Waals surface area contributed by atoms with Gasteiger partial charge in [-0.25, -0.2) is 0 Å². The lowest BCUT2D eigenvalue weighted by molar-refractivity contribution is -0.179. The molecule has 1 aromatic rings. The van der Waals surface area contributed by atoms with Gasteiger partial charge in [-0.1, -0.05) is 0 Å². The fraction of sp³-hybridized carbons (Fsp3) is 0.769. The predicted molar refractivity (Wildman–Crippen MR) is 68.7 cm³/mol. The highest BCUT2D eigenvalue weighted by molar-refractivity contribution is 5.29. The van der Waals surface area contributed by atoms with Crippen molar-refractivity contribution in [3.63, 3.8) is 0 Å². The van der Waals surface area contributed by atoms with Crippen LogP contribution in [-0.2, 0) is 0 Å². The van der Waals surface area contributed by atoms with E-state index in [2.05, 4.69) is 10.4 Å². The van der Waals surface area contributed by atoms with Gasteiger partial charge in [0.05, 0.1) is 31.0 Å². The van der Waals surface area contributed by atoms with Crippen LogP contribution >= 0.6 is 0 Å². The van der Waals surface area contributed by atoms with Crippen LogP contribution in [0.2, 0.25) is 0 Å². The Labute approximate surface area is 116 Å². The number of aromatic nitrogens is 2. The van der Waals surface area contributed by atoms with Gasteiger partial charge in [0.1, 0.15) is 0 Å². The molecule has 1 aromatic heterocycles. The molecule has 0 spiro atoms. The molecule has 0 aromatic carbocycles. The van der Waals surface area contributed by atoms with Crippen molar-refractivity contribution in [2.24, 2.45) is 5.92 Å². The molecule has 7 heteroatoms. The zero-order valence-electron chi connectivity index (χ0n) is 11.9. The molecule has 1 aliphatic rings. The molecule has 2 unspecified atom stereocenters. The normalized spacial score (nSPS) is 24.1. The van der Waals surface area contributed by atoms with Crippen molar-refractivity contribution < 1.29 is 17.9 Å². The van der Waals surface area contributed by atoms with E-state index in [-0.39, 0.29) is 25.0 Å². The van der Waals surface area contributed by atoms with Crippen molar-refractivity contribution in [1.29, 1.82) is 0 Å². The molecule has 2 heterocycles. The number of hydrogen-bond acceptors (Lipinski definition) is 3. The van der Waals surface area contributed by atoms with Crippen molar-refractivity contribution in [3.05, 3.63) is 11.9 Å². The van der Waals surface area contributed by atoms with Crippen LogP contribution in [0.5, 0.6) is 5.75 Å². The minimum atomic E-state index is -4.12. The first-order chi connectivity index (χ1) is 9.34. The average molecular weight is 291 g/mol. The van der Waals surface area contributed by atoms with Gasteiger partial charge in [-0.15, -0.1) is 0 Å². The maximum atomic E-state index is 12.7. The Morgan fingerprint density at radius 2 is 2.10 bits per heavy atom. The summed E-state index contributed by atoms with van der Waals surface area (Å²) in [7, 11) is 1.55. The van der Waals surface area contributed by atoms with Crippen LogP contribution in [0.25, 0.3) is 0 Å². The number of halogens is 3. The summed E-state index contributed by atoms with van der Waals surface area (Å²) in [4.78, 5) is 0. The van der Waals surface area contributed by atoms with E-state index in [4.69, 9.17) is 4.74 Å². The second-order valence-corrected chi connectivity index (χ2v) is 5.41. The van der Waals surface area contributed by atoms with E-state index in [1.165, 1.54) is 0 Å². The summed E-state index contributed by atoms with van der Waals surface area (Å²) in [6.07, 6.45) is -1.94. The first-order valence-corrected chi connectivity index (χ1v) is 6.76. The topological polar surface area (TPSA) is 39.1 Å². The summed E-state index contributed by atoms with van der Waals surface area (Å²) in [6.45, 7) is 3.91. The standard InChI is InChI=1S/C13H20F3N3O/c1-8(2)19-12(11(20-3)7-18-19)10-5-4-9(6-17-10)13(14,15)16/h7-10,17H,4-6H2,1-3H3. The van der Waals surface area contributed by atoms with Crippen molar-refractivity contribution >= 4 is 0 Å². The summed E-state index contributed by atoms with van der Waals surface area (Å²) < 4.78 is 45.1. The molecule has 1 N–H and O–H groups in total. The van der Waals surface area contributed by atoms with E-state index in [1.807, 2.05) is 18.5 Å². The zero-order chi connectivity index (χ0) is 14.9. The SMILES string of the molecule is COc1cnn(C(C)C)c1C1CCC(C(F)(F)F)CN1. The van der Waals surface area contributed by atoms with Gasteiger partial charge in [-0.2, -0.15) is 18.3 Å². The Morgan fingerprint density at radius 1 is 1.40 bits per heavy atom. The van der Waals surface area contributed by atoms with E-state index < -0.39 is 12.1 Å². The second-order valence-electron chi connectivity index (χ2n) is 5.41. The highest BCUT2D eigenvalue weighted by atomic mass is 19.4. The van der Waals surface area contributed by atoms with Crippen molar-refractivity contribution in [2.75, 3.05) is 13.7 Å². The third kappa shape index (κ3) is 2.92. The number of nitrogens with one attached hydrogen (secondary N) is 1. The molecule has 0 amide bonds. The van der Waals surface area contributed by atoms with E-state index >= 15 is 0 Å². The first kappa shape index (κ1) is 15.2. The molecule has 2 atom stereocenters. The summed E-state index contributed by atoms with van der Waals surface area (Å²) in [5.41, 5.74) is 0.836. The Hall–Kier alpha value is -1.24. The van der Waals surface area contributed by atoms with Crippen molar-refractivity contribution in [2.45, 2.75) is 44.9 Å². The van der Waals surface area contributed by atoms with Crippen LogP contribution < -0.4 is 10.1 Å². The molecular weight excluding hydrogens is 271 g/mol. The number of nitrogens with zero attached hydrogens (tertiary/aromatic N) is 2. The fourth-order valence-corrected chi connectivity index (χ4v) is 2.63. The van der Waals surface area contributed by atoms with Gasteiger partial charge in [-0.3, -0.25) is 4.68 Å². The molecule has 0 saturated carbocycles. The lowest BCUT2D eigenvalue weighted by atomic mass is 9.92. The average Bonchev–Trinajstić information content (AvgIpc) is 2.81. The van der Waals surface area contributed by atoms with Gasteiger partial charge in [-0.05, 0) is 26.7 Å². The van der Waals surface area contributed by atoms with Crippen molar-refractivity contribution in [3.8, 4) is 5.75 Å². The molecular formula is C13H20F3N3O. The second kappa shape index (κ2) is 5.63. The maximum Gasteiger partial charge on any atom is 0.393 e. The lowest BCUT2D eigenvalue weighted by Gasteiger charge is -2.32. The third-order valence-corrected chi connectivity index (χ3v) is 3.72. The van der Waals surface area contributed by atoms with Crippen LogP contribution in [0.1, 0.15) is 44.5 Å². The molecule has 0 bridgehead atoms. The Balaban J connectivity index is 2.16. The maximum absolute atomic E-state index is 12.7. The smallest absolute Gasteiger partial charge is 0.393 e. The predicted octanol–water partition coefficient (Wildman–Crippen LogP) is 3.08. The highest BCUT2D eigenvalue weighted by Gasteiger charge is 2.42. The quantitative estimate of drug-likeness (QED) is 0.930. The number of hydrogen-bond donors (Lipinski definition) is 1. The zero-order valence-corrected chi connectivity index (χ0v) is 11.9. The van der Waals surface area contributed by atoms with E-state index in [0.29, 0.717) is 12.2 Å². The molecule has 1 saturated heterocycles. The number of methoxy groups -OCH3 is 1. The van der Waals surface area contributed by atoms with Gasteiger partial charge in [0, 0.05) is 12.6 Å². The molecule has 2 rings (SSSR count). The van der Waals surface area contributed by atoms with Crippen LogP contribution in [0.3, 0.4) is 0 Å². The Kier molecular flexibility index (Phi) is 4.27. The fourth-order valence-electron chi connectivity index (χ4n) is 2.63. The number of ether oxygens (including phenoxy) is 1. The van der Waals surface area contributed by atoms with E-state index in [1.54, 1.807) is 13.3 Å². The number of rotatable bonds is 3. The monoisotopic (exact) mass is 291 g/mol. The van der Waals surface area contributed by atoms with Gasteiger partial charge in [0.25, 0.3) is 0 Å². The van der Waals surface area contributed by atoms with Gasteiger partial charge >= 0.3 is 6.18 Å². The Bertz CT molecular complexity index is 448. The van der Waals surface area contributed by atoms with Gasteiger partial charge < -0.3 is 10.1 Å². The van der Waals surface area contributed by atoms with Gasteiger partial charge in [0.2, 0.25) is 0 Å². The molecule has 1 aliphatic heterocycles. The van der Waals surface area contributed by atoms with Crippen LogP contribution in [0, 0.1) is 5.92 Å². The molecule has 20 heavy (non-hydrogen) atoms. The lowest BCUT2D eigenvalue weighted by Crippen LogP contribution is -2.41. The minimum absolute atomic E-state index is 0.0550. The molecule has 114 valence electrons. The van der Waals surface area contributed by atoms with Crippen LogP contribution in [-0.4, -0.2) is 29.6 Å². The number of piperidine rings is 1. The molecule has 0 radical (unpaired) electrons. The van der Waals surface area contributed by atoms with Crippen LogP contribution in [0.4, 0.5) is 13.2 Å². The van der Waals surface area contributed by atoms with Gasteiger partial charge in [0.15, 0.2) is 5.75 Å². The van der Waals surface area contributed by atoms with E-state index in [9.17, 15) is 13.2 Å². The summed E-state index contributed by atoms with van der Waals surface area (Å²) in [5.74, 6) is -0.637. The molecule has 4 nitrogen and oxygen atoms in total. The first-order valence-electron chi connectivity index (χ1n) is 6.76. The molecule has 0 aliphatic carbocycles. The molecule has 1 fully saturated rings. The van der Waals surface area contributed by atoms with Crippen molar-refractivity contribution in [1.82, 2.24) is 15.1 Å². The largest absolute Gasteiger partial charge is 0.493 e. The number of alkyl halides is 3. The minimum Gasteiger partial charge on any atom is -0.493 e. The van der Waals surface area contributed by atoms with Crippen LogP contribution in [0.15, 0.2) is 6.20 Å². The van der Waals surface area contributed by atoms with E-state index in [0.717, 1.165) is 5.69 Å². The third-order valence-electron chi connectivity index (χ3n) is 3.72.